The van der Waals surface area contributed by atoms with Crippen LogP contribution >= 0.6 is 0 Å². The van der Waals surface area contributed by atoms with Gasteiger partial charge in [0.15, 0.2) is 0 Å². The van der Waals surface area contributed by atoms with E-state index in [-0.39, 0.29) is 0 Å². The van der Waals surface area contributed by atoms with Crippen LogP contribution in [-0.2, 0) is 6.42 Å². The van der Waals surface area contributed by atoms with Crippen LogP contribution in [0.25, 0.3) is 0 Å². The minimum absolute atomic E-state index is 0.641. The van der Waals surface area contributed by atoms with Crippen molar-refractivity contribution in [3.8, 4) is 5.88 Å². The molecule has 0 bridgehead atoms. The first kappa shape index (κ1) is 12.4. The summed E-state index contributed by atoms with van der Waals surface area (Å²) in [7, 11) is 0. The normalized spacial score (nSPS) is 10.1. The van der Waals surface area contributed by atoms with E-state index >= 15 is 0 Å². The molecule has 0 atom stereocenters. The third-order valence-electron chi connectivity index (χ3n) is 2.52. The summed E-state index contributed by atoms with van der Waals surface area (Å²) in [6, 6.07) is 7.90. The average molecular weight is 243 g/mol. The van der Waals surface area contributed by atoms with Gasteiger partial charge in [0.1, 0.15) is 0 Å². The highest BCUT2D eigenvalue weighted by Gasteiger charge is 1.96. The fraction of sp³-hybridized carbons (Fsp3) is 0.286. The molecule has 94 valence electrons. The molecule has 4 heteroatoms. The number of nitrogens with one attached hydrogen (secondary N) is 1. The zero-order chi connectivity index (χ0) is 12.6. The maximum atomic E-state index is 5.29. The van der Waals surface area contributed by atoms with E-state index in [2.05, 4.69) is 15.3 Å². The van der Waals surface area contributed by atoms with Crippen LogP contribution in [0.1, 0.15) is 12.5 Å². The maximum Gasteiger partial charge on any atom is 0.213 e. The molecule has 0 unspecified atom stereocenters. The number of ether oxygens (including phenoxy) is 1. The van der Waals surface area contributed by atoms with E-state index in [4.69, 9.17) is 4.74 Å². The lowest BCUT2D eigenvalue weighted by molar-refractivity contribution is 0.327. The number of aromatic nitrogens is 2. The van der Waals surface area contributed by atoms with E-state index in [0.717, 1.165) is 18.7 Å². The van der Waals surface area contributed by atoms with E-state index in [1.165, 1.54) is 5.56 Å². The Labute approximate surface area is 107 Å². The molecule has 0 amide bonds. The van der Waals surface area contributed by atoms with Gasteiger partial charge in [-0.05, 0) is 37.1 Å². The molecule has 1 N–H and O–H groups in total. The van der Waals surface area contributed by atoms with Crippen molar-refractivity contribution in [1.82, 2.24) is 9.97 Å². The summed E-state index contributed by atoms with van der Waals surface area (Å²) in [5.41, 5.74) is 2.28. The Morgan fingerprint density at radius 3 is 2.67 bits per heavy atom. The third-order valence-corrected chi connectivity index (χ3v) is 2.52. The van der Waals surface area contributed by atoms with Gasteiger partial charge in [-0.1, -0.05) is 0 Å². The molecule has 0 aliphatic carbocycles. The number of rotatable bonds is 6. The van der Waals surface area contributed by atoms with Gasteiger partial charge in [0, 0.05) is 25.0 Å². The highest BCUT2D eigenvalue weighted by molar-refractivity contribution is 5.42. The minimum Gasteiger partial charge on any atom is -0.478 e. The molecule has 0 aliphatic heterocycles. The molecule has 2 heterocycles. The first-order valence-electron chi connectivity index (χ1n) is 6.10. The summed E-state index contributed by atoms with van der Waals surface area (Å²) >= 11 is 0. The van der Waals surface area contributed by atoms with E-state index in [1.54, 1.807) is 6.20 Å². The summed E-state index contributed by atoms with van der Waals surface area (Å²) in [5, 5.41) is 3.32. The van der Waals surface area contributed by atoms with Crippen molar-refractivity contribution in [2.75, 3.05) is 18.5 Å². The Morgan fingerprint density at radius 2 is 2.00 bits per heavy atom. The summed E-state index contributed by atoms with van der Waals surface area (Å²) < 4.78 is 5.29. The zero-order valence-corrected chi connectivity index (χ0v) is 10.5. The van der Waals surface area contributed by atoms with Crippen LogP contribution in [-0.4, -0.2) is 23.1 Å². The van der Waals surface area contributed by atoms with Crippen LogP contribution in [0.5, 0.6) is 5.88 Å². The Kier molecular flexibility index (Phi) is 4.53. The standard InChI is InChI=1S/C14H17N3O/c1-2-18-14-4-3-13(11-17-14)16-10-7-12-5-8-15-9-6-12/h3-6,8-9,11,16H,2,7,10H2,1H3. The third kappa shape index (κ3) is 3.73. The van der Waals surface area contributed by atoms with Crippen LogP contribution in [0.4, 0.5) is 5.69 Å². The molecule has 18 heavy (non-hydrogen) atoms. The number of hydrogen-bond acceptors (Lipinski definition) is 4. The van der Waals surface area contributed by atoms with E-state index in [1.807, 2.05) is 43.6 Å². The SMILES string of the molecule is CCOc1ccc(NCCc2ccncc2)cn1. The van der Waals surface area contributed by atoms with Gasteiger partial charge in [-0.2, -0.15) is 0 Å². The van der Waals surface area contributed by atoms with Gasteiger partial charge in [0.05, 0.1) is 18.5 Å². The molecule has 0 saturated heterocycles. The predicted octanol–water partition coefficient (Wildman–Crippen LogP) is 2.53. The first-order chi connectivity index (χ1) is 8.88. The van der Waals surface area contributed by atoms with Gasteiger partial charge in [0.25, 0.3) is 0 Å². The Balaban J connectivity index is 1.80. The number of pyridine rings is 2. The Morgan fingerprint density at radius 1 is 1.17 bits per heavy atom. The summed E-state index contributed by atoms with van der Waals surface area (Å²) in [4.78, 5) is 8.19. The zero-order valence-electron chi connectivity index (χ0n) is 10.5. The van der Waals surface area contributed by atoms with Crippen molar-refractivity contribution in [2.45, 2.75) is 13.3 Å². The van der Waals surface area contributed by atoms with Crippen molar-refractivity contribution < 1.29 is 4.74 Å². The molecule has 2 rings (SSSR count). The smallest absolute Gasteiger partial charge is 0.213 e. The molecule has 0 aliphatic rings. The monoisotopic (exact) mass is 243 g/mol. The van der Waals surface area contributed by atoms with Crippen LogP contribution in [0.15, 0.2) is 42.9 Å². The fourth-order valence-electron chi connectivity index (χ4n) is 1.62. The van der Waals surface area contributed by atoms with E-state index in [0.29, 0.717) is 12.5 Å². The lowest BCUT2D eigenvalue weighted by atomic mass is 10.2. The molecule has 0 spiro atoms. The lowest BCUT2D eigenvalue weighted by Crippen LogP contribution is -2.05. The quantitative estimate of drug-likeness (QED) is 0.847. The van der Waals surface area contributed by atoms with Crippen molar-refractivity contribution in [3.05, 3.63) is 48.4 Å². The Bertz CT molecular complexity index is 456. The predicted molar refractivity (Wildman–Crippen MR) is 71.8 cm³/mol. The summed E-state index contributed by atoms with van der Waals surface area (Å²) in [5.74, 6) is 0.664. The first-order valence-corrected chi connectivity index (χ1v) is 6.10. The van der Waals surface area contributed by atoms with Gasteiger partial charge in [-0.3, -0.25) is 4.98 Å². The number of nitrogens with zero attached hydrogens (tertiary/aromatic N) is 2. The van der Waals surface area contributed by atoms with Crippen molar-refractivity contribution in [1.29, 1.82) is 0 Å². The van der Waals surface area contributed by atoms with E-state index < -0.39 is 0 Å². The number of hydrogen-bond donors (Lipinski definition) is 1. The van der Waals surface area contributed by atoms with Crippen LogP contribution in [0, 0.1) is 0 Å². The molecule has 0 radical (unpaired) electrons. The second-order valence-corrected chi connectivity index (χ2v) is 3.85. The highest BCUT2D eigenvalue weighted by Crippen LogP contribution is 2.11. The van der Waals surface area contributed by atoms with Gasteiger partial charge in [-0.15, -0.1) is 0 Å². The van der Waals surface area contributed by atoms with Gasteiger partial charge in [-0.25, -0.2) is 4.98 Å². The van der Waals surface area contributed by atoms with Crippen molar-refractivity contribution in [2.24, 2.45) is 0 Å². The maximum absolute atomic E-state index is 5.29. The van der Waals surface area contributed by atoms with Crippen LogP contribution < -0.4 is 10.1 Å². The lowest BCUT2D eigenvalue weighted by Gasteiger charge is -2.07. The molecular weight excluding hydrogens is 226 g/mol. The molecule has 4 nitrogen and oxygen atoms in total. The average Bonchev–Trinajstić information content (AvgIpc) is 2.42. The fourth-order valence-corrected chi connectivity index (χ4v) is 1.62. The second kappa shape index (κ2) is 6.59. The molecular formula is C14H17N3O. The van der Waals surface area contributed by atoms with Crippen LogP contribution in [0.3, 0.4) is 0 Å². The summed E-state index contributed by atoms with van der Waals surface area (Å²) in [6.45, 7) is 3.46. The van der Waals surface area contributed by atoms with Gasteiger partial charge in [0.2, 0.25) is 5.88 Å². The van der Waals surface area contributed by atoms with Crippen molar-refractivity contribution in [3.63, 3.8) is 0 Å². The molecule has 2 aromatic rings. The van der Waals surface area contributed by atoms with Gasteiger partial charge < -0.3 is 10.1 Å². The second-order valence-electron chi connectivity index (χ2n) is 3.85. The van der Waals surface area contributed by atoms with Crippen molar-refractivity contribution >= 4 is 5.69 Å². The molecule has 2 aromatic heterocycles. The molecule has 0 aromatic carbocycles. The highest BCUT2D eigenvalue weighted by atomic mass is 16.5. The summed E-state index contributed by atoms with van der Waals surface area (Å²) in [6.07, 6.45) is 6.38. The Hall–Kier alpha value is -2.10. The molecule has 0 saturated carbocycles. The topological polar surface area (TPSA) is 47.0 Å². The largest absolute Gasteiger partial charge is 0.478 e. The minimum atomic E-state index is 0.641. The van der Waals surface area contributed by atoms with E-state index in [9.17, 15) is 0 Å². The molecule has 0 fully saturated rings. The van der Waals surface area contributed by atoms with Crippen LogP contribution in [0.2, 0.25) is 0 Å². The number of anilines is 1. The van der Waals surface area contributed by atoms with Gasteiger partial charge >= 0.3 is 0 Å².